The molecule has 4 nitrogen and oxygen atoms in total. The van der Waals surface area contributed by atoms with Crippen LogP contribution < -0.4 is 50.8 Å². The second-order valence-electron chi connectivity index (χ2n) is 13.6. The molecular formula is C48H48O4P2. The molecule has 0 heterocycles. The highest BCUT2D eigenvalue weighted by Gasteiger charge is 2.21. The number of hydrogen-bond donors (Lipinski definition) is 0. The van der Waals surface area contributed by atoms with Gasteiger partial charge >= 0.3 is 0 Å². The maximum atomic E-state index is 5.35. The van der Waals surface area contributed by atoms with E-state index in [4.69, 9.17) is 18.9 Å². The molecule has 274 valence electrons. The summed E-state index contributed by atoms with van der Waals surface area (Å²) in [4.78, 5) is 0. The van der Waals surface area contributed by atoms with E-state index in [1.54, 1.807) is 28.4 Å². The van der Waals surface area contributed by atoms with Crippen LogP contribution in [0.5, 0.6) is 23.0 Å². The van der Waals surface area contributed by atoms with Crippen LogP contribution in [0.15, 0.2) is 121 Å². The summed E-state index contributed by atoms with van der Waals surface area (Å²) in [7, 11) is 5.50. The van der Waals surface area contributed by atoms with Gasteiger partial charge in [0.05, 0.1) is 28.4 Å². The van der Waals surface area contributed by atoms with Crippen molar-refractivity contribution in [3.8, 4) is 23.0 Å². The summed E-state index contributed by atoms with van der Waals surface area (Å²) >= 11 is 0. The van der Waals surface area contributed by atoms with Crippen LogP contribution in [0.2, 0.25) is 0 Å². The van der Waals surface area contributed by atoms with Crippen molar-refractivity contribution in [3.05, 3.63) is 156 Å². The highest BCUT2D eigenvalue weighted by molar-refractivity contribution is 7.80. The molecule has 0 saturated carbocycles. The highest BCUT2D eigenvalue weighted by Crippen LogP contribution is 2.37. The third-order valence-electron chi connectivity index (χ3n) is 10.3. The zero-order valence-electron chi connectivity index (χ0n) is 31.7. The minimum Gasteiger partial charge on any atom is -0.497 e. The summed E-state index contributed by atoms with van der Waals surface area (Å²) in [5.74, 6) is 3.55. The summed E-state index contributed by atoms with van der Waals surface area (Å²) in [6, 6.07) is 50.6. The lowest BCUT2D eigenvalue weighted by atomic mass is 9.92. The fourth-order valence-corrected chi connectivity index (χ4v) is 11.7. The fraction of sp³-hybridized carbons (Fsp3) is 0.250. The van der Waals surface area contributed by atoms with Crippen molar-refractivity contribution in [1.82, 2.24) is 0 Å². The van der Waals surface area contributed by atoms with Gasteiger partial charge in [-0.05, 0) is 182 Å². The van der Waals surface area contributed by atoms with Crippen LogP contribution in [0.4, 0.5) is 0 Å². The maximum Gasteiger partial charge on any atom is 0.118 e. The molecule has 0 amide bonds. The SMILES string of the molecule is COc1ccc(P(c2[c]c3c(cc2)CCCC3)c2ccc(OC)cc2)cc1.COc1ccc(P(c2[c]c3c(cc2)CCCC3)c2ccc(OC)cc2)cc1. The molecule has 0 bridgehead atoms. The van der Waals surface area contributed by atoms with Crippen molar-refractivity contribution in [2.75, 3.05) is 28.4 Å². The zero-order chi connectivity index (χ0) is 37.3. The van der Waals surface area contributed by atoms with Crippen LogP contribution in [0, 0.1) is 12.1 Å². The van der Waals surface area contributed by atoms with E-state index in [-0.39, 0.29) is 0 Å². The third-order valence-corrected chi connectivity index (χ3v) is 15.0. The van der Waals surface area contributed by atoms with E-state index in [1.165, 1.54) is 92.6 Å². The molecule has 0 aromatic heterocycles. The number of methoxy groups -OCH3 is 4. The van der Waals surface area contributed by atoms with Gasteiger partial charge < -0.3 is 18.9 Å². The van der Waals surface area contributed by atoms with Gasteiger partial charge in [-0.15, -0.1) is 0 Å². The predicted octanol–water partition coefficient (Wildman–Crippen LogP) is 8.28. The Balaban J connectivity index is 0.000000167. The molecule has 54 heavy (non-hydrogen) atoms. The van der Waals surface area contributed by atoms with E-state index in [0.29, 0.717) is 0 Å². The standard InChI is InChI=1S/2C24H24O2P/c2*1-25-20-8-13-22(14-9-20)27(23-15-10-21(26-2)11-16-23)24-12-7-18-5-3-4-6-19(18)17-24/h2*7-16H,3-6H2,1-2H3. The molecule has 2 aliphatic rings. The number of ether oxygens (including phenoxy) is 4. The first-order chi connectivity index (χ1) is 26.6. The molecule has 0 N–H and O–H groups in total. The number of fused-ring (bicyclic) bond motifs is 2. The van der Waals surface area contributed by atoms with Gasteiger partial charge in [0, 0.05) is 0 Å². The van der Waals surface area contributed by atoms with E-state index in [1.807, 2.05) is 48.5 Å². The number of hydrogen-bond acceptors (Lipinski definition) is 4. The first-order valence-corrected chi connectivity index (χ1v) is 21.5. The van der Waals surface area contributed by atoms with E-state index >= 15 is 0 Å². The Morgan fingerprint density at radius 2 is 0.630 bits per heavy atom. The molecule has 6 heteroatoms. The third kappa shape index (κ3) is 8.84. The molecule has 8 rings (SSSR count). The van der Waals surface area contributed by atoms with Gasteiger partial charge in [0.1, 0.15) is 23.0 Å². The van der Waals surface area contributed by atoms with Crippen LogP contribution in [0.1, 0.15) is 47.9 Å². The first kappa shape index (κ1) is 37.7. The van der Waals surface area contributed by atoms with Gasteiger partial charge in [0.2, 0.25) is 0 Å². The monoisotopic (exact) mass is 750 g/mol. The first-order valence-electron chi connectivity index (χ1n) is 18.8. The van der Waals surface area contributed by atoms with Crippen molar-refractivity contribution in [3.63, 3.8) is 0 Å². The van der Waals surface area contributed by atoms with Gasteiger partial charge in [-0.2, -0.15) is 0 Å². The smallest absolute Gasteiger partial charge is 0.118 e. The lowest BCUT2D eigenvalue weighted by molar-refractivity contribution is 0.415. The molecule has 2 radical (unpaired) electrons. The average molecular weight is 751 g/mol. The van der Waals surface area contributed by atoms with E-state index in [0.717, 1.165) is 35.8 Å². The van der Waals surface area contributed by atoms with Gasteiger partial charge in [0.25, 0.3) is 0 Å². The van der Waals surface area contributed by atoms with Crippen molar-refractivity contribution >= 4 is 47.7 Å². The molecule has 6 aromatic carbocycles. The van der Waals surface area contributed by atoms with Crippen LogP contribution in [-0.4, -0.2) is 28.4 Å². The molecule has 0 fully saturated rings. The topological polar surface area (TPSA) is 36.9 Å². The van der Waals surface area contributed by atoms with Crippen LogP contribution >= 0.6 is 15.8 Å². The summed E-state index contributed by atoms with van der Waals surface area (Å²) < 4.78 is 21.4. The van der Waals surface area contributed by atoms with Gasteiger partial charge in [0.15, 0.2) is 0 Å². The normalized spacial score (nSPS) is 13.3. The van der Waals surface area contributed by atoms with Crippen molar-refractivity contribution in [1.29, 1.82) is 0 Å². The Kier molecular flexibility index (Phi) is 12.7. The van der Waals surface area contributed by atoms with E-state index in [2.05, 4.69) is 84.9 Å². The second-order valence-corrected chi connectivity index (χ2v) is 17.9. The Morgan fingerprint density at radius 3 is 0.907 bits per heavy atom. The van der Waals surface area contributed by atoms with Gasteiger partial charge in [-0.1, -0.05) is 72.8 Å². The summed E-state index contributed by atoms with van der Waals surface area (Å²) in [6.45, 7) is 0. The summed E-state index contributed by atoms with van der Waals surface area (Å²) in [5.41, 5.74) is 5.77. The van der Waals surface area contributed by atoms with Crippen molar-refractivity contribution < 1.29 is 18.9 Å². The van der Waals surface area contributed by atoms with Crippen LogP contribution in [0.3, 0.4) is 0 Å². The minimum absolute atomic E-state index is 0.663. The summed E-state index contributed by atoms with van der Waals surface area (Å²) in [6.07, 6.45) is 9.82. The lowest BCUT2D eigenvalue weighted by Gasteiger charge is -2.22. The molecule has 0 saturated heterocycles. The molecule has 2 aliphatic carbocycles. The van der Waals surface area contributed by atoms with Crippen molar-refractivity contribution in [2.24, 2.45) is 0 Å². The Labute approximate surface area is 324 Å². The van der Waals surface area contributed by atoms with Crippen molar-refractivity contribution in [2.45, 2.75) is 51.4 Å². The predicted molar refractivity (Wildman–Crippen MR) is 227 cm³/mol. The Hall–Kier alpha value is -4.62. The molecule has 0 spiro atoms. The maximum absolute atomic E-state index is 5.35. The fourth-order valence-electron chi connectivity index (χ4n) is 7.30. The molecule has 0 atom stereocenters. The Bertz CT molecular complexity index is 1860. The molecule has 0 aliphatic heterocycles. The van der Waals surface area contributed by atoms with Crippen LogP contribution in [-0.2, 0) is 25.7 Å². The molecular weight excluding hydrogens is 702 g/mol. The summed E-state index contributed by atoms with van der Waals surface area (Å²) in [5, 5.41) is 7.82. The van der Waals surface area contributed by atoms with E-state index in [9.17, 15) is 0 Å². The van der Waals surface area contributed by atoms with Gasteiger partial charge in [-0.25, -0.2) is 0 Å². The van der Waals surface area contributed by atoms with Gasteiger partial charge in [-0.3, -0.25) is 0 Å². The number of aryl methyl sites for hydroxylation is 4. The largest absolute Gasteiger partial charge is 0.497 e. The van der Waals surface area contributed by atoms with E-state index < -0.39 is 15.8 Å². The number of benzene rings is 6. The molecule has 6 aromatic rings. The Morgan fingerprint density at radius 1 is 0.352 bits per heavy atom. The number of rotatable bonds is 10. The minimum atomic E-state index is -0.663. The zero-order valence-corrected chi connectivity index (χ0v) is 33.5. The highest BCUT2D eigenvalue weighted by atomic mass is 31.1. The average Bonchev–Trinajstić information content (AvgIpc) is 3.25. The lowest BCUT2D eigenvalue weighted by Crippen LogP contribution is -2.22. The molecule has 0 unspecified atom stereocenters. The van der Waals surface area contributed by atoms with Crippen LogP contribution in [0.25, 0.3) is 0 Å². The second kappa shape index (κ2) is 18.1. The quantitative estimate of drug-likeness (QED) is 0.132.